The first-order valence-electron chi connectivity index (χ1n) is 8.22. The highest BCUT2D eigenvalue weighted by Gasteiger charge is 2.34. The number of thiazole rings is 1. The van der Waals surface area contributed by atoms with E-state index in [1.807, 2.05) is 11.6 Å². The Kier molecular flexibility index (Phi) is 4.91. The number of carbonyl (C=O) groups excluding carboxylic acids is 1. The van der Waals surface area contributed by atoms with E-state index < -0.39 is 0 Å². The SMILES string of the molecule is CCN1CCCC[C@H]1C(=O)N1CCC[C@@H](c2nccs2)C1. The average Bonchev–Trinajstić information content (AvgIpc) is 3.09. The second-order valence-corrected chi connectivity index (χ2v) is 7.06. The Labute approximate surface area is 131 Å². The first-order valence-corrected chi connectivity index (χ1v) is 9.09. The number of aromatic nitrogens is 1. The minimum absolute atomic E-state index is 0.124. The first kappa shape index (κ1) is 15.0. The van der Waals surface area contributed by atoms with Gasteiger partial charge < -0.3 is 4.90 Å². The lowest BCUT2D eigenvalue weighted by atomic mass is 9.96. The number of hydrogen-bond donors (Lipinski definition) is 0. The summed E-state index contributed by atoms with van der Waals surface area (Å²) < 4.78 is 0. The van der Waals surface area contributed by atoms with Crippen molar-refractivity contribution in [3.05, 3.63) is 16.6 Å². The monoisotopic (exact) mass is 307 g/mol. The molecule has 3 heterocycles. The van der Waals surface area contributed by atoms with Crippen LogP contribution in [0, 0.1) is 0 Å². The van der Waals surface area contributed by atoms with Crippen molar-refractivity contribution < 1.29 is 4.79 Å². The molecule has 4 nitrogen and oxygen atoms in total. The second kappa shape index (κ2) is 6.88. The molecule has 3 rings (SSSR count). The van der Waals surface area contributed by atoms with Crippen molar-refractivity contribution in [2.45, 2.75) is 51.0 Å². The van der Waals surface area contributed by atoms with Gasteiger partial charge in [-0.2, -0.15) is 0 Å². The van der Waals surface area contributed by atoms with E-state index in [-0.39, 0.29) is 6.04 Å². The third kappa shape index (κ3) is 3.29. The molecular formula is C16H25N3OS. The molecule has 2 saturated heterocycles. The summed E-state index contributed by atoms with van der Waals surface area (Å²) in [6.45, 7) is 6.02. The van der Waals surface area contributed by atoms with E-state index in [2.05, 4.69) is 21.7 Å². The summed E-state index contributed by atoms with van der Waals surface area (Å²) in [4.78, 5) is 21.8. The maximum atomic E-state index is 12.9. The smallest absolute Gasteiger partial charge is 0.239 e. The summed E-state index contributed by atoms with van der Waals surface area (Å²) >= 11 is 1.72. The molecule has 1 aromatic rings. The quantitative estimate of drug-likeness (QED) is 0.861. The summed E-state index contributed by atoms with van der Waals surface area (Å²) in [6.07, 6.45) is 7.61. The number of likely N-dealkylation sites (tertiary alicyclic amines) is 2. The lowest BCUT2D eigenvalue weighted by molar-refractivity contribution is -0.139. The highest BCUT2D eigenvalue weighted by molar-refractivity contribution is 7.09. The summed E-state index contributed by atoms with van der Waals surface area (Å²) in [5.74, 6) is 0.805. The molecule has 1 aromatic heterocycles. The standard InChI is InChI=1S/C16H25N3OS/c1-2-18-9-4-3-7-14(18)16(20)19-10-5-6-13(12-19)15-17-8-11-21-15/h8,11,13-14H,2-7,9-10,12H2,1H3/t13-,14+/m1/s1. The fourth-order valence-electron chi connectivity index (χ4n) is 3.67. The number of rotatable bonds is 3. The topological polar surface area (TPSA) is 36.4 Å². The zero-order valence-electron chi connectivity index (χ0n) is 12.8. The summed E-state index contributed by atoms with van der Waals surface area (Å²) in [5, 5.41) is 3.24. The highest BCUT2D eigenvalue weighted by atomic mass is 32.1. The van der Waals surface area contributed by atoms with Crippen molar-refractivity contribution in [2.24, 2.45) is 0 Å². The largest absolute Gasteiger partial charge is 0.341 e. The van der Waals surface area contributed by atoms with E-state index in [1.165, 1.54) is 24.3 Å². The van der Waals surface area contributed by atoms with Crippen LogP contribution >= 0.6 is 11.3 Å². The van der Waals surface area contributed by atoms with Crippen LogP contribution in [0.15, 0.2) is 11.6 Å². The molecule has 1 amide bonds. The van der Waals surface area contributed by atoms with Crippen molar-refractivity contribution in [3.8, 4) is 0 Å². The van der Waals surface area contributed by atoms with Crippen molar-refractivity contribution in [2.75, 3.05) is 26.2 Å². The van der Waals surface area contributed by atoms with Gasteiger partial charge in [0.15, 0.2) is 0 Å². The molecule has 0 unspecified atom stereocenters. The van der Waals surface area contributed by atoms with Crippen LogP contribution in [0.4, 0.5) is 0 Å². The maximum Gasteiger partial charge on any atom is 0.239 e. The Hall–Kier alpha value is -0.940. The van der Waals surface area contributed by atoms with Crippen LogP contribution in [0.25, 0.3) is 0 Å². The van der Waals surface area contributed by atoms with E-state index in [0.29, 0.717) is 11.8 Å². The molecule has 2 atom stereocenters. The van der Waals surface area contributed by atoms with Crippen LogP contribution in [-0.4, -0.2) is 52.9 Å². The number of piperidine rings is 2. The molecule has 0 aromatic carbocycles. The lowest BCUT2D eigenvalue weighted by Crippen LogP contribution is -2.52. The van der Waals surface area contributed by atoms with Crippen LogP contribution < -0.4 is 0 Å². The fraction of sp³-hybridized carbons (Fsp3) is 0.750. The van der Waals surface area contributed by atoms with Gasteiger partial charge in [-0.1, -0.05) is 13.3 Å². The van der Waals surface area contributed by atoms with Crippen molar-refractivity contribution in [3.63, 3.8) is 0 Å². The second-order valence-electron chi connectivity index (χ2n) is 6.13. The fourth-order valence-corrected chi connectivity index (χ4v) is 4.44. The average molecular weight is 307 g/mol. The molecule has 0 saturated carbocycles. The predicted octanol–water partition coefficient (Wildman–Crippen LogP) is 2.72. The Morgan fingerprint density at radius 2 is 2.24 bits per heavy atom. The molecule has 0 N–H and O–H groups in total. The molecule has 0 radical (unpaired) electrons. The van der Waals surface area contributed by atoms with Gasteiger partial charge in [-0.05, 0) is 38.8 Å². The Bertz CT molecular complexity index is 462. The first-order chi connectivity index (χ1) is 10.3. The number of likely N-dealkylation sites (N-methyl/N-ethyl adjacent to an activating group) is 1. The number of hydrogen-bond acceptors (Lipinski definition) is 4. The minimum Gasteiger partial charge on any atom is -0.341 e. The van der Waals surface area contributed by atoms with Gasteiger partial charge in [0.1, 0.15) is 0 Å². The van der Waals surface area contributed by atoms with E-state index >= 15 is 0 Å². The van der Waals surface area contributed by atoms with Crippen molar-refractivity contribution in [1.82, 2.24) is 14.8 Å². The zero-order chi connectivity index (χ0) is 14.7. The van der Waals surface area contributed by atoms with E-state index in [9.17, 15) is 4.79 Å². The summed E-state index contributed by atoms with van der Waals surface area (Å²) in [6, 6.07) is 0.124. The number of carbonyl (C=O) groups is 1. The Morgan fingerprint density at radius 1 is 1.33 bits per heavy atom. The summed E-state index contributed by atoms with van der Waals surface area (Å²) in [5.41, 5.74) is 0. The van der Waals surface area contributed by atoms with Crippen LogP contribution in [0.5, 0.6) is 0 Å². The van der Waals surface area contributed by atoms with Crippen LogP contribution in [0.2, 0.25) is 0 Å². The lowest BCUT2D eigenvalue weighted by Gasteiger charge is -2.39. The van der Waals surface area contributed by atoms with Crippen molar-refractivity contribution >= 4 is 17.2 Å². The van der Waals surface area contributed by atoms with Gasteiger partial charge in [0, 0.05) is 30.6 Å². The molecular weight excluding hydrogens is 282 g/mol. The molecule has 0 aliphatic carbocycles. The van der Waals surface area contributed by atoms with Crippen LogP contribution in [-0.2, 0) is 4.79 Å². The van der Waals surface area contributed by atoms with Gasteiger partial charge in [0.2, 0.25) is 5.91 Å². The van der Waals surface area contributed by atoms with Gasteiger partial charge in [0.05, 0.1) is 11.0 Å². The van der Waals surface area contributed by atoms with E-state index in [1.54, 1.807) is 11.3 Å². The van der Waals surface area contributed by atoms with Crippen molar-refractivity contribution in [1.29, 1.82) is 0 Å². The van der Waals surface area contributed by atoms with E-state index in [0.717, 1.165) is 39.0 Å². The van der Waals surface area contributed by atoms with Gasteiger partial charge in [-0.3, -0.25) is 9.69 Å². The van der Waals surface area contributed by atoms with E-state index in [4.69, 9.17) is 0 Å². The Morgan fingerprint density at radius 3 is 3.00 bits per heavy atom. The molecule has 0 bridgehead atoms. The van der Waals surface area contributed by atoms with Gasteiger partial charge in [-0.25, -0.2) is 4.98 Å². The number of nitrogens with zero attached hydrogens (tertiary/aromatic N) is 3. The predicted molar refractivity (Wildman–Crippen MR) is 85.6 cm³/mol. The third-order valence-electron chi connectivity index (χ3n) is 4.84. The van der Waals surface area contributed by atoms with Gasteiger partial charge >= 0.3 is 0 Å². The maximum absolute atomic E-state index is 12.9. The number of amides is 1. The molecule has 0 spiro atoms. The molecule has 2 aliphatic heterocycles. The highest BCUT2D eigenvalue weighted by Crippen LogP contribution is 2.29. The zero-order valence-corrected chi connectivity index (χ0v) is 13.6. The van der Waals surface area contributed by atoms with Crippen LogP contribution in [0.3, 0.4) is 0 Å². The molecule has 116 valence electrons. The molecule has 2 fully saturated rings. The van der Waals surface area contributed by atoms with Crippen LogP contribution in [0.1, 0.15) is 50.0 Å². The molecule has 2 aliphatic rings. The Balaban J connectivity index is 1.66. The minimum atomic E-state index is 0.124. The molecule has 21 heavy (non-hydrogen) atoms. The normalized spacial score (nSPS) is 27.8. The third-order valence-corrected chi connectivity index (χ3v) is 5.78. The summed E-state index contributed by atoms with van der Waals surface area (Å²) in [7, 11) is 0. The molecule has 5 heteroatoms. The van der Waals surface area contributed by atoms with Gasteiger partial charge in [-0.15, -0.1) is 11.3 Å². The van der Waals surface area contributed by atoms with Gasteiger partial charge in [0.25, 0.3) is 0 Å².